The minimum Gasteiger partial charge on any atom is -0.310 e. The first-order valence-corrected chi connectivity index (χ1v) is 8.14. The molecule has 1 heterocycles. The van der Waals surface area contributed by atoms with Crippen LogP contribution in [0.15, 0.2) is 0 Å². The smallest absolute Gasteiger partial charge is 0.0126 e. The molecule has 0 bridgehead atoms. The van der Waals surface area contributed by atoms with Crippen LogP contribution in [0.5, 0.6) is 0 Å². The minimum absolute atomic E-state index is 0.724. The van der Waals surface area contributed by atoms with Crippen LogP contribution in [0.4, 0.5) is 0 Å². The molecule has 1 saturated heterocycles. The third-order valence-electron chi connectivity index (χ3n) is 6.04. The highest BCUT2D eigenvalue weighted by atomic mass is 15.1. The summed E-state index contributed by atoms with van der Waals surface area (Å²) in [6.07, 6.45) is 11.8. The average Bonchev–Trinajstić information content (AvgIpc) is 2.37. The van der Waals surface area contributed by atoms with E-state index in [9.17, 15) is 0 Å². The fourth-order valence-electron chi connectivity index (χ4n) is 4.67. The molecule has 0 aromatic carbocycles. The highest BCUT2D eigenvalue weighted by molar-refractivity contribution is 5.03. The van der Waals surface area contributed by atoms with Crippen molar-refractivity contribution in [1.82, 2.24) is 10.2 Å². The van der Waals surface area contributed by atoms with Crippen molar-refractivity contribution in [2.75, 3.05) is 20.1 Å². The van der Waals surface area contributed by atoms with Gasteiger partial charge in [0.2, 0.25) is 0 Å². The van der Waals surface area contributed by atoms with E-state index in [1.807, 2.05) is 0 Å². The Balaban J connectivity index is 1.56. The molecule has 2 heteroatoms. The first kappa shape index (κ1) is 12.9. The van der Waals surface area contributed by atoms with Crippen molar-refractivity contribution >= 4 is 0 Å². The summed E-state index contributed by atoms with van der Waals surface area (Å²) in [6, 6.07) is 1.64. The lowest BCUT2D eigenvalue weighted by Crippen LogP contribution is -2.60. The van der Waals surface area contributed by atoms with E-state index in [0.29, 0.717) is 0 Å². The molecule has 3 fully saturated rings. The van der Waals surface area contributed by atoms with Crippen LogP contribution in [0.3, 0.4) is 0 Å². The highest BCUT2D eigenvalue weighted by Crippen LogP contribution is 2.52. The summed E-state index contributed by atoms with van der Waals surface area (Å²) < 4.78 is 0. The first-order chi connectivity index (χ1) is 8.70. The van der Waals surface area contributed by atoms with Gasteiger partial charge >= 0.3 is 0 Å². The van der Waals surface area contributed by atoms with E-state index >= 15 is 0 Å². The Hall–Kier alpha value is -0.0800. The summed E-state index contributed by atoms with van der Waals surface area (Å²) in [7, 11) is 2.26. The molecular formula is C16H30N2. The number of nitrogens with zero attached hydrogens (tertiary/aromatic N) is 1. The van der Waals surface area contributed by atoms with Gasteiger partial charge in [-0.3, -0.25) is 0 Å². The predicted octanol–water partition coefficient (Wildman–Crippen LogP) is 3.03. The van der Waals surface area contributed by atoms with E-state index in [4.69, 9.17) is 0 Å². The Bertz CT molecular complexity index is 283. The van der Waals surface area contributed by atoms with Crippen LogP contribution in [0.1, 0.15) is 58.3 Å². The molecule has 0 aromatic heterocycles. The molecule has 3 unspecified atom stereocenters. The molecule has 3 atom stereocenters. The van der Waals surface area contributed by atoms with Gasteiger partial charge in [-0.05, 0) is 57.0 Å². The van der Waals surface area contributed by atoms with Gasteiger partial charge in [0.15, 0.2) is 0 Å². The second-order valence-electron chi connectivity index (χ2n) is 7.32. The van der Waals surface area contributed by atoms with Gasteiger partial charge in [-0.2, -0.15) is 0 Å². The zero-order valence-electron chi connectivity index (χ0n) is 12.3. The van der Waals surface area contributed by atoms with Crippen molar-refractivity contribution in [3.63, 3.8) is 0 Å². The number of rotatable bonds is 2. The quantitative estimate of drug-likeness (QED) is 0.810. The van der Waals surface area contributed by atoms with E-state index in [1.165, 1.54) is 64.5 Å². The van der Waals surface area contributed by atoms with Gasteiger partial charge in [-0.15, -0.1) is 0 Å². The van der Waals surface area contributed by atoms with Crippen molar-refractivity contribution in [2.24, 2.45) is 11.3 Å². The Morgan fingerprint density at radius 2 is 1.83 bits per heavy atom. The maximum absolute atomic E-state index is 4.06. The largest absolute Gasteiger partial charge is 0.310 e. The lowest BCUT2D eigenvalue weighted by molar-refractivity contribution is 0.00540. The number of likely N-dealkylation sites (tertiary alicyclic amines) is 1. The molecule has 2 aliphatic carbocycles. The van der Waals surface area contributed by atoms with E-state index < -0.39 is 0 Å². The molecule has 2 nitrogen and oxygen atoms in total. The zero-order chi connectivity index (χ0) is 12.6. The number of hydrogen-bond acceptors (Lipinski definition) is 2. The fourth-order valence-corrected chi connectivity index (χ4v) is 4.67. The van der Waals surface area contributed by atoms with Gasteiger partial charge in [0.25, 0.3) is 0 Å². The lowest BCUT2D eigenvalue weighted by Gasteiger charge is -2.54. The lowest BCUT2D eigenvalue weighted by atomic mass is 9.57. The molecule has 1 N–H and O–H groups in total. The van der Waals surface area contributed by atoms with Crippen molar-refractivity contribution in [2.45, 2.75) is 70.4 Å². The fraction of sp³-hybridized carbons (Fsp3) is 1.00. The van der Waals surface area contributed by atoms with Crippen LogP contribution < -0.4 is 5.32 Å². The van der Waals surface area contributed by atoms with Gasteiger partial charge in [0.1, 0.15) is 0 Å². The van der Waals surface area contributed by atoms with E-state index in [1.54, 1.807) is 0 Å². The SMILES string of the molecule is CC1CN(C)CCC1NC1CCC12CCCCC2. The summed E-state index contributed by atoms with van der Waals surface area (Å²) in [6.45, 7) is 4.98. The van der Waals surface area contributed by atoms with Gasteiger partial charge in [-0.25, -0.2) is 0 Å². The van der Waals surface area contributed by atoms with E-state index in [0.717, 1.165) is 23.4 Å². The predicted molar refractivity (Wildman–Crippen MR) is 76.7 cm³/mol. The standard InChI is InChI=1S/C16H30N2/c1-13-12-18(2)11-7-14(13)17-15-6-10-16(15)8-4-3-5-9-16/h13-15,17H,3-12H2,1-2H3. The van der Waals surface area contributed by atoms with Crippen LogP contribution in [0, 0.1) is 11.3 Å². The summed E-state index contributed by atoms with van der Waals surface area (Å²) in [5.41, 5.74) is 0.724. The van der Waals surface area contributed by atoms with Gasteiger partial charge in [0, 0.05) is 18.6 Å². The molecule has 0 radical (unpaired) electrons. The molecule has 0 amide bonds. The number of hydrogen-bond donors (Lipinski definition) is 1. The summed E-state index contributed by atoms with van der Waals surface area (Å²) >= 11 is 0. The first-order valence-electron chi connectivity index (χ1n) is 8.14. The summed E-state index contributed by atoms with van der Waals surface area (Å²) in [4.78, 5) is 2.49. The van der Waals surface area contributed by atoms with Crippen LogP contribution in [0.25, 0.3) is 0 Å². The van der Waals surface area contributed by atoms with Gasteiger partial charge < -0.3 is 10.2 Å². The van der Waals surface area contributed by atoms with Gasteiger partial charge in [0.05, 0.1) is 0 Å². The Morgan fingerprint density at radius 1 is 1.06 bits per heavy atom. The Kier molecular flexibility index (Phi) is 3.68. The zero-order valence-corrected chi connectivity index (χ0v) is 12.3. The summed E-state index contributed by atoms with van der Waals surface area (Å²) in [5, 5.41) is 4.06. The monoisotopic (exact) mass is 250 g/mol. The molecule has 3 rings (SSSR count). The molecule has 18 heavy (non-hydrogen) atoms. The molecule has 2 saturated carbocycles. The molecular weight excluding hydrogens is 220 g/mol. The molecule has 0 aromatic rings. The Labute approximate surface area is 113 Å². The van der Waals surface area contributed by atoms with Crippen molar-refractivity contribution < 1.29 is 0 Å². The Morgan fingerprint density at radius 3 is 2.44 bits per heavy atom. The molecule has 1 aliphatic heterocycles. The maximum Gasteiger partial charge on any atom is 0.0126 e. The van der Waals surface area contributed by atoms with Crippen LogP contribution >= 0.6 is 0 Å². The number of nitrogens with one attached hydrogen (secondary N) is 1. The molecule has 104 valence electrons. The van der Waals surface area contributed by atoms with Crippen molar-refractivity contribution in [3.05, 3.63) is 0 Å². The van der Waals surface area contributed by atoms with Gasteiger partial charge in [-0.1, -0.05) is 26.2 Å². The molecule has 3 aliphatic rings. The van der Waals surface area contributed by atoms with Crippen LogP contribution in [-0.2, 0) is 0 Å². The second-order valence-corrected chi connectivity index (χ2v) is 7.32. The average molecular weight is 250 g/mol. The maximum atomic E-state index is 4.06. The second kappa shape index (κ2) is 5.13. The normalized spacial score (nSPS) is 40.7. The van der Waals surface area contributed by atoms with Crippen molar-refractivity contribution in [3.8, 4) is 0 Å². The summed E-state index contributed by atoms with van der Waals surface area (Å²) in [5.74, 6) is 0.824. The minimum atomic E-state index is 0.724. The van der Waals surface area contributed by atoms with E-state index in [2.05, 4.69) is 24.2 Å². The number of piperidine rings is 1. The van der Waals surface area contributed by atoms with Crippen molar-refractivity contribution in [1.29, 1.82) is 0 Å². The van der Waals surface area contributed by atoms with Crippen LogP contribution in [0.2, 0.25) is 0 Å². The highest BCUT2D eigenvalue weighted by Gasteiger charge is 2.47. The third-order valence-corrected chi connectivity index (χ3v) is 6.04. The molecule has 1 spiro atoms. The third kappa shape index (κ3) is 2.34. The van der Waals surface area contributed by atoms with Crippen LogP contribution in [-0.4, -0.2) is 37.1 Å². The van der Waals surface area contributed by atoms with E-state index in [-0.39, 0.29) is 0 Å². The topological polar surface area (TPSA) is 15.3 Å².